The Labute approximate surface area is 372 Å². The fourth-order valence-electron chi connectivity index (χ4n) is 7.52. The number of rotatable bonds is 47. The van der Waals surface area contributed by atoms with E-state index in [-0.39, 0.29) is 18.5 Å². The molecule has 0 aromatic rings. The Kier molecular flexibility index (Phi) is 47.7. The summed E-state index contributed by atoms with van der Waals surface area (Å²) < 4.78 is 5.44. The van der Waals surface area contributed by atoms with Crippen LogP contribution in [0.3, 0.4) is 0 Å². The number of nitrogens with one attached hydrogen (secondary N) is 1. The standard InChI is InChI=1S/C54H99NO5/c1-3-5-7-9-11-13-15-17-19-20-22-26-30-34-38-42-46-52(57)51(50-56)55-53(58)47-43-39-35-31-27-23-21-25-29-33-37-41-45-49-60-54(59)48-44-40-36-32-28-24-18-16-14-12-10-8-6-4-2/h10,12,16,18,23,27,42,46,51-52,56-57H,3-9,11,13-15,17,19-22,24-26,28-41,43-45,47-50H2,1-2H3,(H,55,58)/b12-10-,18-16-,27-23-,46-42+. The first-order valence-corrected chi connectivity index (χ1v) is 25.9. The van der Waals surface area contributed by atoms with Crippen LogP contribution in [-0.4, -0.2) is 47.4 Å². The van der Waals surface area contributed by atoms with Crippen molar-refractivity contribution in [1.82, 2.24) is 5.32 Å². The van der Waals surface area contributed by atoms with Gasteiger partial charge in [-0.15, -0.1) is 0 Å². The molecule has 2 unspecified atom stereocenters. The average Bonchev–Trinajstić information content (AvgIpc) is 3.25. The summed E-state index contributed by atoms with van der Waals surface area (Å²) in [5.74, 6) is -0.129. The molecular formula is C54H99NO5. The number of amides is 1. The molecule has 0 aliphatic carbocycles. The van der Waals surface area contributed by atoms with Crippen LogP contribution in [0.2, 0.25) is 0 Å². The van der Waals surface area contributed by atoms with Crippen molar-refractivity contribution < 1.29 is 24.5 Å². The van der Waals surface area contributed by atoms with Crippen LogP contribution in [0.5, 0.6) is 0 Å². The van der Waals surface area contributed by atoms with Crippen LogP contribution in [0.25, 0.3) is 0 Å². The number of carbonyl (C=O) groups excluding carboxylic acids is 2. The summed E-state index contributed by atoms with van der Waals surface area (Å²) in [6.07, 6.45) is 61.1. The monoisotopic (exact) mass is 842 g/mol. The number of carbonyl (C=O) groups is 2. The Bertz CT molecular complexity index is 1020. The summed E-state index contributed by atoms with van der Waals surface area (Å²) in [5, 5.41) is 23.0. The summed E-state index contributed by atoms with van der Waals surface area (Å²) in [6, 6.07) is -0.649. The molecule has 3 N–H and O–H groups in total. The van der Waals surface area contributed by atoms with Crippen LogP contribution >= 0.6 is 0 Å². The van der Waals surface area contributed by atoms with Crippen LogP contribution in [0.1, 0.15) is 258 Å². The third kappa shape index (κ3) is 45.3. The van der Waals surface area contributed by atoms with E-state index >= 15 is 0 Å². The first-order valence-electron chi connectivity index (χ1n) is 25.9. The topological polar surface area (TPSA) is 95.9 Å². The van der Waals surface area contributed by atoms with Gasteiger partial charge in [-0.25, -0.2) is 0 Å². The largest absolute Gasteiger partial charge is 0.466 e. The number of aliphatic hydroxyl groups excluding tert-OH is 2. The van der Waals surface area contributed by atoms with Gasteiger partial charge in [0.1, 0.15) is 0 Å². The van der Waals surface area contributed by atoms with Gasteiger partial charge in [0.2, 0.25) is 5.91 Å². The van der Waals surface area contributed by atoms with E-state index in [0.717, 1.165) is 83.5 Å². The fourth-order valence-corrected chi connectivity index (χ4v) is 7.52. The number of esters is 1. The zero-order valence-corrected chi connectivity index (χ0v) is 39.7. The van der Waals surface area contributed by atoms with Crippen molar-refractivity contribution in [3.05, 3.63) is 48.6 Å². The molecule has 0 aliphatic heterocycles. The highest BCUT2D eigenvalue weighted by Gasteiger charge is 2.18. The van der Waals surface area contributed by atoms with Crippen LogP contribution in [0.15, 0.2) is 48.6 Å². The summed E-state index contributed by atoms with van der Waals surface area (Å²) >= 11 is 0. The molecule has 6 nitrogen and oxygen atoms in total. The van der Waals surface area contributed by atoms with Crippen molar-refractivity contribution in [2.45, 2.75) is 270 Å². The first-order chi connectivity index (χ1) is 29.5. The van der Waals surface area contributed by atoms with Crippen molar-refractivity contribution in [2.75, 3.05) is 13.2 Å². The summed E-state index contributed by atoms with van der Waals surface area (Å²) in [7, 11) is 0. The summed E-state index contributed by atoms with van der Waals surface area (Å²) in [6.45, 7) is 4.80. The molecule has 0 fully saturated rings. The molecule has 350 valence electrons. The van der Waals surface area contributed by atoms with Crippen LogP contribution in [-0.2, 0) is 14.3 Å². The van der Waals surface area contributed by atoms with E-state index in [1.165, 1.54) is 148 Å². The molecule has 0 spiro atoms. The highest BCUT2D eigenvalue weighted by atomic mass is 16.5. The normalized spacial score (nSPS) is 13.1. The van der Waals surface area contributed by atoms with Gasteiger partial charge in [-0.2, -0.15) is 0 Å². The maximum absolute atomic E-state index is 12.4. The van der Waals surface area contributed by atoms with Gasteiger partial charge >= 0.3 is 5.97 Å². The lowest BCUT2D eigenvalue weighted by Gasteiger charge is -2.19. The molecule has 60 heavy (non-hydrogen) atoms. The van der Waals surface area contributed by atoms with Crippen LogP contribution < -0.4 is 5.32 Å². The molecule has 6 heteroatoms. The average molecular weight is 842 g/mol. The van der Waals surface area contributed by atoms with Crippen LogP contribution in [0.4, 0.5) is 0 Å². The van der Waals surface area contributed by atoms with Gasteiger partial charge in [0.25, 0.3) is 0 Å². The number of unbranched alkanes of at least 4 members (excludes halogenated alkanes) is 30. The van der Waals surface area contributed by atoms with Crippen molar-refractivity contribution in [2.24, 2.45) is 0 Å². The second kappa shape index (κ2) is 49.5. The van der Waals surface area contributed by atoms with Gasteiger partial charge in [-0.05, 0) is 83.5 Å². The van der Waals surface area contributed by atoms with Gasteiger partial charge in [-0.1, -0.05) is 210 Å². The maximum Gasteiger partial charge on any atom is 0.305 e. The number of hydrogen-bond acceptors (Lipinski definition) is 5. The third-order valence-electron chi connectivity index (χ3n) is 11.6. The molecule has 0 radical (unpaired) electrons. The van der Waals surface area contributed by atoms with Crippen molar-refractivity contribution in [1.29, 1.82) is 0 Å². The number of ether oxygens (including phenoxy) is 1. The number of hydrogen-bond donors (Lipinski definition) is 3. The molecular weight excluding hydrogens is 743 g/mol. The van der Waals surface area contributed by atoms with Gasteiger partial charge in [0.05, 0.1) is 25.4 Å². The van der Waals surface area contributed by atoms with E-state index in [4.69, 9.17) is 4.74 Å². The zero-order chi connectivity index (χ0) is 43.7. The van der Waals surface area contributed by atoms with Crippen molar-refractivity contribution >= 4 is 11.9 Å². The highest BCUT2D eigenvalue weighted by molar-refractivity contribution is 5.76. The van der Waals surface area contributed by atoms with Gasteiger partial charge in [0.15, 0.2) is 0 Å². The lowest BCUT2D eigenvalue weighted by Crippen LogP contribution is -2.45. The molecule has 0 saturated carbocycles. The van der Waals surface area contributed by atoms with E-state index in [1.54, 1.807) is 6.08 Å². The second-order valence-corrected chi connectivity index (χ2v) is 17.5. The quantitative estimate of drug-likeness (QED) is 0.0322. The predicted octanol–water partition coefficient (Wildman–Crippen LogP) is 15.5. The molecule has 0 aromatic carbocycles. The van der Waals surface area contributed by atoms with E-state index in [0.29, 0.717) is 19.4 Å². The molecule has 1 amide bonds. The molecule has 0 heterocycles. The molecule has 0 saturated heterocycles. The Balaban J connectivity index is 3.56. The van der Waals surface area contributed by atoms with E-state index in [2.05, 4.69) is 55.6 Å². The molecule has 0 bridgehead atoms. The first kappa shape index (κ1) is 57.8. The lowest BCUT2D eigenvalue weighted by molar-refractivity contribution is -0.143. The SMILES string of the molecule is CCCC/C=C\C/C=C\CCCCCCCC(=O)OCCCCCCCC/C=C\CCCCCC(=O)NC(CO)C(O)/C=C/CCCCCCCCCCCCCCCC. The Morgan fingerprint density at radius 3 is 1.35 bits per heavy atom. The summed E-state index contributed by atoms with van der Waals surface area (Å²) in [4.78, 5) is 24.4. The zero-order valence-electron chi connectivity index (χ0n) is 39.7. The number of allylic oxidation sites excluding steroid dienone is 7. The third-order valence-corrected chi connectivity index (χ3v) is 11.6. The van der Waals surface area contributed by atoms with Crippen molar-refractivity contribution in [3.63, 3.8) is 0 Å². The highest BCUT2D eigenvalue weighted by Crippen LogP contribution is 2.15. The Hall–Kier alpha value is -2.18. The van der Waals surface area contributed by atoms with Gasteiger partial charge < -0.3 is 20.3 Å². The summed E-state index contributed by atoms with van der Waals surface area (Å²) in [5.41, 5.74) is 0. The minimum atomic E-state index is -0.863. The van der Waals surface area contributed by atoms with Gasteiger partial charge in [0, 0.05) is 12.8 Å². The lowest BCUT2D eigenvalue weighted by atomic mass is 10.0. The Morgan fingerprint density at radius 1 is 0.467 bits per heavy atom. The van der Waals surface area contributed by atoms with E-state index in [1.807, 2.05) is 6.08 Å². The van der Waals surface area contributed by atoms with Crippen molar-refractivity contribution in [3.8, 4) is 0 Å². The maximum atomic E-state index is 12.4. The van der Waals surface area contributed by atoms with Crippen LogP contribution in [0, 0.1) is 0 Å². The fraction of sp³-hybridized carbons (Fsp3) is 0.815. The molecule has 0 rings (SSSR count). The smallest absolute Gasteiger partial charge is 0.305 e. The molecule has 0 aromatic heterocycles. The van der Waals surface area contributed by atoms with Gasteiger partial charge in [-0.3, -0.25) is 9.59 Å². The second-order valence-electron chi connectivity index (χ2n) is 17.5. The minimum Gasteiger partial charge on any atom is -0.466 e. The minimum absolute atomic E-state index is 0.0295. The van der Waals surface area contributed by atoms with E-state index < -0.39 is 12.1 Å². The number of aliphatic hydroxyl groups is 2. The van der Waals surface area contributed by atoms with E-state index in [9.17, 15) is 19.8 Å². The predicted molar refractivity (Wildman–Crippen MR) is 259 cm³/mol. The molecule has 0 aliphatic rings. The molecule has 2 atom stereocenters. The Morgan fingerprint density at radius 2 is 0.850 bits per heavy atom.